The minimum atomic E-state index is -0.520. The number of carbonyl (C=O) groups excluding carboxylic acids is 1. The molecule has 0 saturated carbocycles. The number of amides is 1. The molecule has 0 bridgehead atoms. The van der Waals surface area contributed by atoms with Crippen LogP contribution in [0.4, 0.5) is 5.69 Å². The minimum Gasteiger partial charge on any atom is -0.359 e. The minimum absolute atomic E-state index is 0. The van der Waals surface area contributed by atoms with Gasteiger partial charge in [0.15, 0.2) is 5.76 Å². The molecule has 0 radical (unpaired) electrons. The Kier molecular flexibility index (Phi) is 4.77. The number of aromatic nitrogens is 1. The highest BCUT2D eigenvalue weighted by atomic mass is 35.5. The van der Waals surface area contributed by atoms with Crippen LogP contribution >= 0.6 is 12.4 Å². The highest BCUT2D eigenvalue weighted by Gasteiger charge is 2.21. The van der Waals surface area contributed by atoms with Crippen LogP contribution in [-0.4, -0.2) is 24.2 Å². The van der Waals surface area contributed by atoms with Crippen LogP contribution < -0.4 is 10.6 Å². The average Bonchev–Trinajstić information content (AvgIpc) is 2.44. The molecule has 1 heterocycles. The van der Waals surface area contributed by atoms with Gasteiger partial charge in [0.05, 0.1) is 6.04 Å². The molecule has 2 N–H and O–H groups in total. The summed E-state index contributed by atoms with van der Waals surface area (Å²) in [6.45, 7) is 5.20. The van der Waals surface area contributed by atoms with E-state index in [9.17, 15) is 4.79 Å². The van der Waals surface area contributed by atoms with E-state index in [1.807, 2.05) is 0 Å². The van der Waals surface area contributed by atoms with Crippen molar-refractivity contribution in [3.05, 3.63) is 11.5 Å². The summed E-state index contributed by atoms with van der Waals surface area (Å²) < 4.78 is 4.96. The Bertz CT molecular complexity index is 330. The largest absolute Gasteiger partial charge is 0.359 e. The molecule has 6 heteroatoms. The van der Waals surface area contributed by atoms with Crippen LogP contribution in [0, 0.1) is 13.8 Å². The van der Waals surface area contributed by atoms with Crippen molar-refractivity contribution in [2.75, 3.05) is 11.9 Å². The number of hydrogen-bond donors (Lipinski definition) is 1. The van der Waals surface area contributed by atoms with Crippen LogP contribution in [-0.2, 0) is 4.79 Å². The standard InChI is InChI=1S/C9H15N3O2.ClH/c1-5(10)9(13)12(4)8-6(2)11-14-7(8)3;/h5H,10H2,1-4H3;1H/t5-;/m1./s1. The van der Waals surface area contributed by atoms with Gasteiger partial charge in [-0.1, -0.05) is 5.16 Å². The predicted octanol–water partition coefficient (Wildman–Crippen LogP) is 1.02. The van der Waals surface area contributed by atoms with Crippen molar-refractivity contribution >= 4 is 24.0 Å². The Labute approximate surface area is 95.0 Å². The summed E-state index contributed by atoms with van der Waals surface area (Å²) in [5, 5.41) is 3.77. The van der Waals surface area contributed by atoms with Crippen molar-refractivity contribution in [1.82, 2.24) is 5.16 Å². The molecule has 0 saturated heterocycles. The molecule has 1 amide bonds. The second kappa shape index (κ2) is 5.14. The monoisotopic (exact) mass is 233 g/mol. The van der Waals surface area contributed by atoms with E-state index in [4.69, 9.17) is 10.3 Å². The van der Waals surface area contributed by atoms with Crippen molar-refractivity contribution in [3.8, 4) is 0 Å². The zero-order valence-corrected chi connectivity index (χ0v) is 10.1. The molecule has 5 nitrogen and oxygen atoms in total. The van der Waals surface area contributed by atoms with Crippen LogP contribution in [0.15, 0.2) is 4.52 Å². The maximum absolute atomic E-state index is 11.6. The molecular weight excluding hydrogens is 218 g/mol. The van der Waals surface area contributed by atoms with Gasteiger partial charge in [0.1, 0.15) is 11.4 Å². The lowest BCUT2D eigenvalue weighted by molar-refractivity contribution is -0.119. The molecule has 0 fully saturated rings. The lowest BCUT2D eigenvalue weighted by Gasteiger charge is -2.18. The first kappa shape index (κ1) is 13.9. The Morgan fingerprint density at radius 3 is 2.40 bits per heavy atom. The number of carbonyl (C=O) groups is 1. The first-order valence-corrected chi connectivity index (χ1v) is 4.41. The maximum atomic E-state index is 11.6. The van der Waals surface area contributed by atoms with Crippen molar-refractivity contribution in [3.63, 3.8) is 0 Å². The number of aryl methyl sites for hydroxylation is 2. The van der Waals surface area contributed by atoms with Gasteiger partial charge < -0.3 is 15.2 Å². The SMILES string of the molecule is Cc1noc(C)c1N(C)C(=O)[C@@H](C)N.Cl. The molecule has 0 aliphatic heterocycles. The van der Waals surface area contributed by atoms with Crippen molar-refractivity contribution < 1.29 is 9.32 Å². The van der Waals surface area contributed by atoms with Crippen molar-refractivity contribution in [2.24, 2.45) is 5.73 Å². The Hall–Kier alpha value is -1.07. The van der Waals surface area contributed by atoms with Crippen LogP contribution in [0.25, 0.3) is 0 Å². The molecule has 0 aliphatic rings. The van der Waals surface area contributed by atoms with Gasteiger partial charge in [0, 0.05) is 7.05 Å². The lowest BCUT2D eigenvalue weighted by atomic mass is 10.2. The molecule has 0 aromatic carbocycles. The van der Waals surface area contributed by atoms with E-state index in [1.165, 1.54) is 4.90 Å². The third-order valence-electron chi connectivity index (χ3n) is 2.05. The van der Waals surface area contributed by atoms with E-state index in [1.54, 1.807) is 27.8 Å². The fraction of sp³-hybridized carbons (Fsp3) is 0.556. The number of rotatable bonds is 2. The molecule has 0 spiro atoms. The number of hydrogen-bond acceptors (Lipinski definition) is 4. The molecule has 1 aromatic heterocycles. The van der Waals surface area contributed by atoms with Gasteiger partial charge in [0.2, 0.25) is 5.91 Å². The summed E-state index contributed by atoms with van der Waals surface area (Å²) in [4.78, 5) is 13.1. The lowest BCUT2D eigenvalue weighted by Crippen LogP contribution is -2.40. The van der Waals surface area contributed by atoms with Gasteiger partial charge in [0.25, 0.3) is 0 Å². The molecule has 1 aromatic rings. The summed E-state index contributed by atoms with van der Waals surface area (Å²) in [6, 6.07) is -0.520. The predicted molar refractivity (Wildman–Crippen MR) is 60.3 cm³/mol. The highest BCUT2D eigenvalue weighted by molar-refractivity contribution is 5.97. The fourth-order valence-electron chi connectivity index (χ4n) is 1.37. The van der Waals surface area contributed by atoms with Crippen LogP contribution in [0.3, 0.4) is 0 Å². The zero-order valence-electron chi connectivity index (χ0n) is 9.27. The van der Waals surface area contributed by atoms with Gasteiger partial charge >= 0.3 is 0 Å². The number of likely N-dealkylation sites (N-methyl/N-ethyl adjacent to an activating group) is 1. The molecule has 1 rings (SSSR count). The molecular formula is C9H16ClN3O2. The van der Waals surface area contributed by atoms with Crippen LogP contribution in [0.5, 0.6) is 0 Å². The first-order chi connectivity index (χ1) is 6.45. The quantitative estimate of drug-likeness (QED) is 0.828. The third kappa shape index (κ3) is 2.70. The van der Waals surface area contributed by atoms with E-state index in [-0.39, 0.29) is 18.3 Å². The van der Waals surface area contributed by atoms with Gasteiger partial charge in [-0.15, -0.1) is 12.4 Å². The molecule has 1 atom stereocenters. The van der Waals surface area contributed by atoms with E-state index in [0.29, 0.717) is 17.1 Å². The maximum Gasteiger partial charge on any atom is 0.243 e. The zero-order chi connectivity index (χ0) is 10.9. The topological polar surface area (TPSA) is 72.4 Å². The second-order valence-corrected chi connectivity index (χ2v) is 3.36. The summed E-state index contributed by atoms with van der Waals surface area (Å²) in [5.74, 6) is 0.471. The first-order valence-electron chi connectivity index (χ1n) is 4.41. The Balaban J connectivity index is 0.00000196. The normalized spacial score (nSPS) is 11.8. The van der Waals surface area contributed by atoms with Crippen LogP contribution in [0.2, 0.25) is 0 Å². The van der Waals surface area contributed by atoms with E-state index in [0.717, 1.165) is 0 Å². The molecule has 15 heavy (non-hydrogen) atoms. The summed E-state index contributed by atoms with van der Waals surface area (Å²) in [6.07, 6.45) is 0. The number of nitrogens with two attached hydrogens (primary N) is 1. The van der Waals surface area contributed by atoms with Crippen molar-refractivity contribution in [1.29, 1.82) is 0 Å². The van der Waals surface area contributed by atoms with Gasteiger partial charge in [-0.05, 0) is 20.8 Å². The van der Waals surface area contributed by atoms with Gasteiger partial charge in [-0.3, -0.25) is 4.79 Å². The molecule has 0 aliphatic carbocycles. The molecule has 86 valence electrons. The smallest absolute Gasteiger partial charge is 0.243 e. The van der Waals surface area contributed by atoms with E-state index < -0.39 is 6.04 Å². The summed E-state index contributed by atoms with van der Waals surface area (Å²) >= 11 is 0. The van der Waals surface area contributed by atoms with E-state index in [2.05, 4.69) is 5.16 Å². The summed E-state index contributed by atoms with van der Waals surface area (Å²) in [5.41, 5.74) is 6.90. The van der Waals surface area contributed by atoms with Gasteiger partial charge in [-0.2, -0.15) is 0 Å². The second-order valence-electron chi connectivity index (χ2n) is 3.36. The van der Waals surface area contributed by atoms with Crippen molar-refractivity contribution in [2.45, 2.75) is 26.8 Å². The fourth-order valence-corrected chi connectivity index (χ4v) is 1.37. The molecule has 0 unspecified atom stereocenters. The third-order valence-corrected chi connectivity index (χ3v) is 2.05. The van der Waals surface area contributed by atoms with Crippen LogP contribution in [0.1, 0.15) is 18.4 Å². The number of anilines is 1. The van der Waals surface area contributed by atoms with Gasteiger partial charge in [-0.25, -0.2) is 0 Å². The Morgan fingerprint density at radius 1 is 1.53 bits per heavy atom. The highest BCUT2D eigenvalue weighted by Crippen LogP contribution is 2.22. The average molecular weight is 234 g/mol. The van der Waals surface area contributed by atoms with E-state index >= 15 is 0 Å². The number of nitrogens with zero attached hydrogens (tertiary/aromatic N) is 2. The number of halogens is 1. The Morgan fingerprint density at radius 2 is 2.07 bits per heavy atom. The summed E-state index contributed by atoms with van der Waals surface area (Å²) in [7, 11) is 1.66.